The van der Waals surface area contributed by atoms with Gasteiger partial charge >= 0.3 is 18.9 Å². The molecule has 0 atom stereocenters. The first-order valence-corrected chi connectivity index (χ1v) is 7.27. The summed E-state index contributed by atoms with van der Waals surface area (Å²) in [6.07, 6.45) is 0. The summed E-state index contributed by atoms with van der Waals surface area (Å²) in [5, 5.41) is 6.76. The molecule has 0 spiro atoms. The van der Waals surface area contributed by atoms with E-state index in [0.717, 1.165) is 22.1 Å². The third kappa shape index (κ3) is 3.56. The molecule has 0 amide bonds. The summed E-state index contributed by atoms with van der Waals surface area (Å²) in [7, 11) is 4.38. The van der Waals surface area contributed by atoms with Gasteiger partial charge in [0.2, 0.25) is 0 Å². The van der Waals surface area contributed by atoms with Crippen LogP contribution >= 0.6 is 8.07 Å². The van der Waals surface area contributed by atoms with E-state index in [9.17, 15) is 0 Å². The van der Waals surface area contributed by atoms with Crippen LogP contribution in [0.4, 0.5) is 0 Å². The molecule has 0 aliphatic carbocycles. The van der Waals surface area contributed by atoms with Crippen LogP contribution in [-0.4, -0.2) is 21.3 Å². The quantitative estimate of drug-likeness (QED) is 0.573. The summed E-state index contributed by atoms with van der Waals surface area (Å²) >= 11 is 0. The molecule has 20 heavy (non-hydrogen) atoms. The Kier molecular flexibility index (Phi) is 7.13. The third-order valence-corrected chi connectivity index (χ3v) is 4.88. The zero-order valence-corrected chi connectivity index (χ0v) is 13.2. The Labute approximate surface area is 133 Å². The van der Waals surface area contributed by atoms with Crippen LogP contribution in [0.2, 0.25) is 0 Å². The minimum Gasteiger partial charge on any atom is -0.631 e. The molecule has 0 fully saturated rings. The van der Waals surface area contributed by atoms with Crippen LogP contribution in [0.25, 0.3) is 5.09 Å². The van der Waals surface area contributed by atoms with Crippen molar-refractivity contribution in [2.75, 3.05) is 21.3 Å². The van der Waals surface area contributed by atoms with E-state index in [-0.39, 0.29) is 18.9 Å². The summed E-state index contributed by atoms with van der Waals surface area (Å²) in [6, 6.07) is 16.0. The second kappa shape index (κ2) is 8.34. The molecule has 2 rings (SSSR count). The summed E-state index contributed by atoms with van der Waals surface area (Å²) in [4.78, 5) is 0. The Balaban J connectivity index is 0.00000200. The second-order valence-electron chi connectivity index (χ2n) is 3.86. The van der Waals surface area contributed by atoms with E-state index >= 15 is 0 Å². The maximum Gasteiger partial charge on any atom is 1.00 e. The van der Waals surface area contributed by atoms with Crippen molar-refractivity contribution in [3.8, 4) is 11.5 Å². The van der Waals surface area contributed by atoms with Gasteiger partial charge < -0.3 is 14.6 Å². The smallest absolute Gasteiger partial charge is 0.631 e. The molecule has 0 aliphatic heterocycles. The van der Waals surface area contributed by atoms with Gasteiger partial charge in [0.25, 0.3) is 0 Å². The molecule has 0 bridgehead atoms. The van der Waals surface area contributed by atoms with Crippen LogP contribution in [0, 0.1) is 0 Å². The van der Waals surface area contributed by atoms with Gasteiger partial charge in [-0.25, -0.2) is 0 Å². The minimum absolute atomic E-state index is 0. The first kappa shape index (κ1) is 17.1. The summed E-state index contributed by atoms with van der Waals surface area (Å²) in [5.74, 6) is 1.73. The molecular weight excluding hydrogens is 264 g/mol. The molecule has 100 valence electrons. The van der Waals surface area contributed by atoms with Crippen LogP contribution in [0.15, 0.2) is 48.5 Å². The van der Waals surface area contributed by atoms with Gasteiger partial charge in [-0.2, -0.15) is 7.05 Å². The Bertz CT molecular complexity index is 503. The average molecular weight is 281 g/mol. The number of benzene rings is 2. The number of ether oxygens (including phenoxy) is 2. The topological polar surface area (TPSA) is 32.6 Å². The second-order valence-corrected chi connectivity index (χ2v) is 5.84. The minimum atomic E-state index is -0.827. The summed E-state index contributed by atoms with van der Waals surface area (Å²) in [6.45, 7) is 0. The fourth-order valence-corrected chi connectivity index (χ4v) is 3.85. The van der Waals surface area contributed by atoms with E-state index < -0.39 is 8.07 Å². The first-order chi connectivity index (χ1) is 9.31. The zero-order valence-electron chi connectivity index (χ0n) is 12.3. The molecule has 0 heterocycles. The monoisotopic (exact) mass is 281 g/mol. The van der Waals surface area contributed by atoms with Gasteiger partial charge in [-0.05, 0) is 12.1 Å². The molecule has 0 saturated heterocycles. The van der Waals surface area contributed by atoms with Crippen molar-refractivity contribution in [2.45, 2.75) is 0 Å². The van der Waals surface area contributed by atoms with Gasteiger partial charge in [-0.15, -0.1) is 8.07 Å². The summed E-state index contributed by atoms with van der Waals surface area (Å²) < 4.78 is 10.9. The molecule has 0 unspecified atom stereocenters. The Hall–Kier alpha value is -0.973. The van der Waals surface area contributed by atoms with E-state index in [4.69, 9.17) is 9.47 Å². The van der Waals surface area contributed by atoms with Gasteiger partial charge in [0.15, 0.2) is 0 Å². The molecule has 2 aromatic carbocycles. The van der Waals surface area contributed by atoms with Crippen LogP contribution in [0.5, 0.6) is 11.5 Å². The van der Waals surface area contributed by atoms with Gasteiger partial charge in [-0.1, -0.05) is 36.4 Å². The number of para-hydroxylation sites is 2. The van der Waals surface area contributed by atoms with Crippen molar-refractivity contribution in [2.24, 2.45) is 0 Å². The van der Waals surface area contributed by atoms with E-state index in [0.29, 0.717) is 0 Å². The fourth-order valence-electron chi connectivity index (χ4n) is 1.95. The number of hydrogen-bond acceptors (Lipinski definition) is 2. The standard InChI is InChI=1S/C15H17NO2P.Li/c1-16-19(14-10-6-4-8-12(14)17-2)15-11-7-5-9-13(15)18-3;/h4-11H,1-3H3;/q-1;+1. The number of methoxy groups -OCH3 is 2. The van der Waals surface area contributed by atoms with E-state index in [1.807, 2.05) is 43.4 Å². The van der Waals surface area contributed by atoms with E-state index in [2.05, 4.69) is 17.2 Å². The van der Waals surface area contributed by atoms with Crippen molar-refractivity contribution in [3.63, 3.8) is 0 Å². The van der Waals surface area contributed by atoms with Crippen LogP contribution in [0.1, 0.15) is 0 Å². The third-order valence-electron chi connectivity index (χ3n) is 2.83. The van der Waals surface area contributed by atoms with Gasteiger partial charge in [0, 0.05) is 10.6 Å². The normalized spacial score (nSPS) is 10.0. The number of nitrogens with zero attached hydrogens (tertiary/aromatic N) is 1. The number of hydrogen-bond donors (Lipinski definition) is 0. The summed E-state index contributed by atoms with van der Waals surface area (Å²) in [5.41, 5.74) is 0. The molecule has 0 saturated carbocycles. The van der Waals surface area contributed by atoms with Gasteiger partial charge in [-0.3, -0.25) is 0 Å². The van der Waals surface area contributed by atoms with Crippen LogP contribution in [0.3, 0.4) is 0 Å². The molecule has 3 nitrogen and oxygen atoms in total. The predicted molar refractivity (Wildman–Crippen MR) is 81.5 cm³/mol. The zero-order chi connectivity index (χ0) is 13.7. The predicted octanol–water partition coefficient (Wildman–Crippen LogP) is 0.0590. The van der Waals surface area contributed by atoms with Crippen molar-refractivity contribution in [1.29, 1.82) is 0 Å². The molecule has 0 aliphatic rings. The molecule has 0 radical (unpaired) electrons. The van der Waals surface area contributed by atoms with Crippen LogP contribution in [-0.2, 0) is 0 Å². The first-order valence-electron chi connectivity index (χ1n) is 5.97. The fraction of sp³-hybridized carbons (Fsp3) is 0.200. The maximum absolute atomic E-state index is 5.44. The Morgan fingerprint density at radius 3 is 1.55 bits per heavy atom. The van der Waals surface area contributed by atoms with Crippen molar-refractivity contribution < 1.29 is 28.3 Å². The van der Waals surface area contributed by atoms with Crippen molar-refractivity contribution in [1.82, 2.24) is 0 Å². The largest absolute Gasteiger partial charge is 1.00 e. The molecule has 2 aromatic rings. The average Bonchev–Trinajstić information content (AvgIpc) is 2.49. The Morgan fingerprint density at radius 1 is 0.800 bits per heavy atom. The van der Waals surface area contributed by atoms with E-state index in [1.54, 1.807) is 14.2 Å². The maximum atomic E-state index is 5.44. The van der Waals surface area contributed by atoms with Gasteiger partial charge in [0.1, 0.15) is 11.5 Å². The SMILES string of the molecule is C[N-]P(c1ccccc1OC)c1ccccc1OC.[Li+]. The number of rotatable bonds is 5. The van der Waals surface area contributed by atoms with Crippen molar-refractivity contribution >= 4 is 18.7 Å². The Morgan fingerprint density at radius 2 is 1.20 bits per heavy atom. The molecule has 5 heteroatoms. The molecule has 0 N–H and O–H groups in total. The molecule has 0 aromatic heterocycles. The molecular formula is C15H17LiNO2P. The van der Waals surface area contributed by atoms with Crippen molar-refractivity contribution in [3.05, 3.63) is 53.6 Å². The van der Waals surface area contributed by atoms with Gasteiger partial charge in [0.05, 0.1) is 14.2 Å². The van der Waals surface area contributed by atoms with Crippen LogP contribution < -0.4 is 38.9 Å². The van der Waals surface area contributed by atoms with E-state index in [1.165, 1.54) is 0 Å².